The second-order valence-electron chi connectivity index (χ2n) is 5.24. The average molecular weight is 244 g/mol. The molecule has 0 saturated heterocycles. The molecule has 3 heteroatoms. The number of nitrogens with two attached hydrogens (primary N) is 2. The van der Waals surface area contributed by atoms with Gasteiger partial charge in [0.15, 0.2) is 5.78 Å². The summed E-state index contributed by atoms with van der Waals surface area (Å²) in [4.78, 5) is 12.0. The molecule has 96 valence electrons. The van der Waals surface area contributed by atoms with Gasteiger partial charge in [-0.15, -0.1) is 0 Å². The molecule has 18 heavy (non-hydrogen) atoms. The van der Waals surface area contributed by atoms with E-state index in [9.17, 15) is 4.79 Å². The third-order valence-corrected chi connectivity index (χ3v) is 3.84. The number of hydrogen-bond acceptors (Lipinski definition) is 3. The summed E-state index contributed by atoms with van der Waals surface area (Å²) in [6.07, 6.45) is 3.23. The van der Waals surface area contributed by atoms with Gasteiger partial charge in [-0.3, -0.25) is 4.79 Å². The fourth-order valence-electron chi connectivity index (χ4n) is 2.44. The fraction of sp³-hybridized carbons (Fsp3) is 0.400. The molecule has 0 saturated carbocycles. The maximum absolute atomic E-state index is 12.0. The average Bonchev–Trinajstić information content (AvgIpc) is 2.52. The van der Waals surface area contributed by atoms with Crippen LogP contribution in [0.3, 0.4) is 0 Å². The Kier molecular flexibility index (Phi) is 3.64. The monoisotopic (exact) mass is 244 g/mol. The molecule has 0 amide bonds. The van der Waals surface area contributed by atoms with Crippen molar-refractivity contribution in [1.82, 2.24) is 0 Å². The van der Waals surface area contributed by atoms with Crippen LogP contribution in [0.25, 0.3) is 5.57 Å². The summed E-state index contributed by atoms with van der Waals surface area (Å²) in [6, 6.07) is 9.56. The lowest BCUT2D eigenvalue weighted by Gasteiger charge is -2.30. The largest absolute Gasteiger partial charge is 0.330 e. The molecule has 0 fully saturated rings. The first-order valence-electron chi connectivity index (χ1n) is 6.34. The van der Waals surface area contributed by atoms with Gasteiger partial charge in [-0.1, -0.05) is 37.3 Å². The molecule has 1 aromatic carbocycles. The zero-order valence-electron chi connectivity index (χ0n) is 10.7. The van der Waals surface area contributed by atoms with E-state index in [2.05, 4.69) is 6.92 Å². The van der Waals surface area contributed by atoms with Gasteiger partial charge in [-0.25, -0.2) is 0 Å². The molecule has 0 bridgehead atoms. The quantitative estimate of drug-likeness (QED) is 0.832. The van der Waals surface area contributed by atoms with Crippen molar-refractivity contribution in [1.29, 1.82) is 0 Å². The number of ketones is 1. The highest BCUT2D eigenvalue weighted by atomic mass is 16.1. The summed E-state index contributed by atoms with van der Waals surface area (Å²) in [6.45, 7) is 2.63. The van der Waals surface area contributed by atoms with Crippen molar-refractivity contribution in [3.63, 3.8) is 0 Å². The minimum atomic E-state index is -0.392. The summed E-state index contributed by atoms with van der Waals surface area (Å²) < 4.78 is 0. The summed E-state index contributed by atoms with van der Waals surface area (Å²) in [5.74, 6) is 0.00558. The molecule has 0 radical (unpaired) electrons. The highest BCUT2D eigenvalue weighted by Gasteiger charge is 2.33. The molecule has 2 unspecified atom stereocenters. The second-order valence-corrected chi connectivity index (χ2v) is 5.24. The predicted molar refractivity (Wildman–Crippen MR) is 73.8 cm³/mol. The zero-order chi connectivity index (χ0) is 13.2. The summed E-state index contributed by atoms with van der Waals surface area (Å²) in [5, 5.41) is 0. The van der Waals surface area contributed by atoms with E-state index in [1.165, 1.54) is 0 Å². The van der Waals surface area contributed by atoms with E-state index in [1.807, 2.05) is 30.3 Å². The Labute approximate surface area is 108 Å². The van der Waals surface area contributed by atoms with E-state index >= 15 is 0 Å². The molecule has 3 nitrogen and oxygen atoms in total. The van der Waals surface area contributed by atoms with Crippen molar-refractivity contribution < 1.29 is 4.79 Å². The molecule has 1 aliphatic carbocycles. The lowest BCUT2D eigenvalue weighted by atomic mass is 9.76. The highest BCUT2D eigenvalue weighted by molar-refractivity contribution is 6.01. The van der Waals surface area contributed by atoms with Crippen LogP contribution in [0.15, 0.2) is 36.4 Å². The maximum atomic E-state index is 12.0. The third-order valence-electron chi connectivity index (χ3n) is 3.84. The Balaban J connectivity index is 2.50. The number of benzene rings is 1. The molecule has 0 heterocycles. The van der Waals surface area contributed by atoms with Gasteiger partial charge in [0, 0.05) is 12.0 Å². The van der Waals surface area contributed by atoms with Crippen LogP contribution < -0.4 is 11.5 Å². The fourth-order valence-corrected chi connectivity index (χ4v) is 2.44. The molecule has 0 aliphatic heterocycles. The SMILES string of the molecule is CC1(CN)CCC(N)C(=O)C=C1c1ccccc1. The number of carbonyl (C=O) groups is 1. The van der Waals surface area contributed by atoms with Gasteiger partial charge in [0.1, 0.15) is 0 Å². The first-order valence-corrected chi connectivity index (χ1v) is 6.34. The van der Waals surface area contributed by atoms with Gasteiger partial charge in [0.25, 0.3) is 0 Å². The van der Waals surface area contributed by atoms with Crippen molar-refractivity contribution in [2.75, 3.05) is 6.54 Å². The van der Waals surface area contributed by atoms with Gasteiger partial charge < -0.3 is 11.5 Å². The van der Waals surface area contributed by atoms with Crippen LogP contribution in [0.2, 0.25) is 0 Å². The van der Waals surface area contributed by atoms with Crippen LogP contribution in [0, 0.1) is 5.41 Å². The first kappa shape index (κ1) is 13.0. The molecule has 2 atom stereocenters. The topological polar surface area (TPSA) is 69.1 Å². The predicted octanol–water partition coefficient (Wildman–Crippen LogP) is 1.73. The first-order chi connectivity index (χ1) is 8.57. The van der Waals surface area contributed by atoms with Crippen molar-refractivity contribution in [3.05, 3.63) is 42.0 Å². The number of carbonyl (C=O) groups excluding carboxylic acids is 1. The minimum absolute atomic E-state index is 0.00558. The van der Waals surface area contributed by atoms with Crippen molar-refractivity contribution >= 4 is 11.4 Å². The summed E-state index contributed by atoms with van der Waals surface area (Å²) >= 11 is 0. The Morgan fingerprint density at radius 3 is 2.61 bits per heavy atom. The van der Waals surface area contributed by atoms with Crippen molar-refractivity contribution in [2.24, 2.45) is 16.9 Å². The molecule has 1 aliphatic rings. The summed E-state index contributed by atoms with van der Waals surface area (Å²) in [7, 11) is 0. The Morgan fingerprint density at radius 1 is 1.33 bits per heavy atom. The summed E-state index contributed by atoms with van der Waals surface area (Å²) in [5.41, 5.74) is 13.7. The molecule has 1 aromatic rings. The van der Waals surface area contributed by atoms with Crippen molar-refractivity contribution in [3.8, 4) is 0 Å². The second kappa shape index (κ2) is 5.04. The molecular formula is C15H20N2O. The molecule has 4 N–H and O–H groups in total. The van der Waals surface area contributed by atoms with E-state index in [0.29, 0.717) is 13.0 Å². The van der Waals surface area contributed by atoms with E-state index in [4.69, 9.17) is 11.5 Å². The Bertz CT molecular complexity index is 467. The standard InChI is InChI=1S/C15H20N2O/c1-15(10-16)8-7-13(17)14(18)9-12(15)11-5-3-2-4-6-11/h2-6,9,13H,7-8,10,16-17H2,1H3. The van der Waals surface area contributed by atoms with Crippen LogP contribution in [-0.4, -0.2) is 18.4 Å². The van der Waals surface area contributed by atoms with Gasteiger partial charge in [0.05, 0.1) is 6.04 Å². The Morgan fingerprint density at radius 2 is 2.00 bits per heavy atom. The van der Waals surface area contributed by atoms with Gasteiger partial charge in [-0.2, -0.15) is 0 Å². The highest BCUT2D eigenvalue weighted by Crippen LogP contribution is 2.40. The minimum Gasteiger partial charge on any atom is -0.330 e. The third kappa shape index (κ3) is 2.37. The zero-order valence-corrected chi connectivity index (χ0v) is 10.7. The number of hydrogen-bond donors (Lipinski definition) is 2. The van der Waals surface area contributed by atoms with E-state index in [-0.39, 0.29) is 11.2 Å². The van der Waals surface area contributed by atoms with E-state index < -0.39 is 6.04 Å². The van der Waals surface area contributed by atoms with Crippen LogP contribution in [-0.2, 0) is 4.79 Å². The van der Waals surface area contributed by atoms with Gasteiger partial charge in [-0.05, 0) is 30.1 Å². The molecular weight excluding hydrogens is 224 g/mol. The van der Waals surface area contributed by atoms with Crippen molar-refractivity contribution in [2.45, 2.75) is 25.8 Å². The van der Waals surface area contributed by atoms with Crippen LogP contribution in [0.1, 0.15) is 25.3 Å². The van der Waals surface area contributed by atoms with Gasteiger partial charge >= 0.3 is 0 Å². The van der Waals surface area contributed by atoms with E-state index in [1.54, 1.807) is 6.08 Å². The van der Waals surface area contributed by atoms with Crippen LogP contribution in [0.4, 0.5) is 0 Å². The number of rotatable bonds is 2. The van der Waals surface area contributed by atoms with Crippen LogP contribution >= 0.6 is 0 Å². The smallest absolute Gasteiger partial charge is 0.172 e. The normalized spacial score (nSPS) is 28.7. The maximum Gasteiger partial charge on any atom is 0.172 e. The lowest BCUT2D eigenvalue weighted by molar-refractivity contribution is -0.115. The molecule has 2 rings (SSSR count). The Hall–Kier alpha value is -1.45. The van der Waals surface area contributed by atoms with Gasteiger partial charge in [0.2, 0.25) is 0 Å². The van der Waals surface area contributed by atoms with E-state index in [0.717, 1.165) is 17.6 Å². The van der Waals surface area contributed by atoms with Crippen LogP contribution in [0.5, 0.6) is 0 Å². The lowest BCUT2D eigenvalue weighted by Crippen LogP contribution is -2.30. The molecule has 0 spiro atoms. The molecule has 0 aromatic heterocycles.